The second kappa shape index (κ2) is 8.65. The Balaban J connectivity index is 1.77. The summed E-state index contributed by atoms with van der Waals surface area (Å²) in [5.41, 5.74) is 4.62. The van der Waals surface area contributed by atoms with Crippen LogP contribution in [0, 0.1) is 6.92 Å². The molecule has 1 heterocycles. The first kappa shape index (κ1) is 22.1. The van der Waals surface area contributed by atoms with Gasteiger partial charge in [-0.1, -0.05) is 18.6 Å². The van der Waals surface area contributed by atoms with Crippen molar-refractivity contribution in [1.29, 1.82) is 0 Å². The zero-order chi connectivity index (χ0) is 21.9. The molecule has 0 bridgehead atoms. The summed E-state index contributed by atoms with van der Waals surface area (Å²) in [6.45, 7) is 2.53. The molecule has 0 aliphatic carbocycles. The number of hydrogen-bond donors (Lipinski definition) is 2. The highest BCUT2D eigenvalue weighted by atomic mass is 32.2. The molecule has 1 fully saturated rings. The number of halogens is 3. The summed E-state index contributed by atoms with van der Waals surface area (Å²) in [6, 6.07) is 8.67. The third kappa shape index (κ3) is 4.93. The number of carbonyl (C=O) groups excluding carboxylic acids is 1. The molecular weight excluding hydrogens is 419 g/mol. The number of sulfonamides is 1. The minimum absolute atomic E-state index is 0.0132. The highest BCUT2D eigenvalue weighted by Crippen LogP contribution is 2.30. The van der Waals surface area contributed by atoms with Gasteiger partial charge in [0.05, 0.1) is 16.1 Å². The van der Waals surface area contributed by atoms with E-state index in [2.05, 4.69) is 10.9 Å². The van der Waals surface area contributed by atoms with Gasteiger partial charge in [-0.05, 0) is 55.7 Å². The predicted molar refractivity (Wildman–Crippen MR) is 106 cm³/mol. The van der Waals surface area contributed by atoms with Gasteiger partial charge in [0.1, 0.15) is 0 Å². The lowest BCUT2D eigenvalue weighted by Gasteiger charge is -2.26. The molecule has 1 saturated heterocycles. The molecule has 0 aromatic heterocycles. The monoisotopic (exact) mass is 441 g/mol. The van der Waals surface area contributed by atoms with Crippen LogP contribution in [-0.2, 0) is 16.2 Å². The zero-order valence-electron chi connectivity index (χ0n) is 16.3. The van der Waals surface area contributed by atoms with Crippen LogP contribution in [0.15, 0.2) is 47.4 Å². The summed E-state index contributed by atoms with van der Waals surface area (Å²) in [5.74, 6) is -0.652. The quantitative estimate of drug-likeness (QED) is 0.689. The van der Waals surface area contributed by atoms with Gasteiger partial charge in [0.15, 0.2) is 0 Å². The number of carbonyl (C=O) groups is 1. The van der Waals surface area contributed by atoms with E-state index in [1.165, 1.54) is 34.6 Å². The van der Waals surface area contributed by atoms with Crippen molar-refractivity contribution in [3.63, 3.8) is 0 Å². The largest absolute Gasteiger partial charge is 0.416 e. The number of nitrogens with one attached hydrogen (secondary N) is 2. The second-order valence-corrected chi connectivity index (χ2v) is 9.04. The molecule has 2 aromatic carbocycles. The Kier molecular flexibility index (Phi) is 6.37. The highest BCUT2D eigenvalue weighted by Gasteiger charge is 2.30. The predicted octanol–water partition coefficient (Wildman–Crippen LogP) is 3.95. The van der Waals surface area contributed by atoms with Crippen molar-refractivity contribution in [1.82, 2.24) is 9.73 Å². The van der Waals surface area contributed by atoms with Crippen LogP contribution < -0.4 is 10.9 Å². The van der Waals surface area contributed by atoms with Crippen LogP contribution in [0.5, 0.6) is 0 Å². The maximum absolute atomic E-state index is 12.9. The number of anilines is 1. The fraction of sp³-hybridized carbons (Fsp3) is 0.350. The third-order valence-corrected chi connectivity index (χ3v) is 6.81. The Hall–Kier alpha value is -2.59. The van der Waals surface area contributed by atoms with Gasteiger partial charge in [0, 0.05) is 18.7 Å². The van der Waals surface area contributed by atoms with E-state index in [1.807, 2.05) is 0 Å². The molecule has 0 radical (unpaired) electrons. The number of hydrazine groups is 1. The number of hydrogen-bond acceptors (Lipinski definition) is 4. The number of amides is 1. The molecule has 0 spiro atoms. The average molecular weight is 441 g/mol. The molecule has 3 rings (SSSR count). The Bertz CT molecular complexity index is 1030. The van der Waals surface area contributed by atoms with Gasteiger partial charge in [-0.2, -0.15) is 17.5 Å². The zero-order valence-corrected chi connectivity index (χ0v) is 17.1. The first-order valence-electron chi connectivity index (χ1n) is 9.43. The minimum atomic E-state index is -4.50. The van der Waals surface area contributed by atoms with Gasteiger partial charge in [-0.15, -0.1) is 0 Å². The molecule has 1 aliphatic rings. The van der Waals surface area contributed by atoms with Crippen LogP contribution in [0.4, 0.5) is 18.9 Å². The van der Waals surface area contributed by atoms with Crippen LogP contribution in [0.25, 0.3) is 0 Å². The highest BCUT2D eigenvalue weighted by molar-refractivity contribution is 7.89. The molecular formula is C20H22F3N3O3S. The Morgan fingerprint density at radius 2 is 1.73 bits per heavy atom. The fourth-order valence-electron chi connectivity index (χ4n) is 3.23. The van der Waals surface area contributed by atoms with Gasteiger partial charge < -0.3 is 0 Å². The Morgan fingerprint density at radius 1 is 1.03 bits per heavy atom. The van der Waals surface area contributed by atoms with E-state index in [-0.39, 0.29) is 16.1 Å². The lowest BCUT2D eigenvalue weighted by molar-refractivity contribution is -0.137. The summed E-state index contributed by atoms with van der Waals surface area (Å²) < 4.78 is 65.6. The lowest BCUT2D eigenvalue weighted by atomic mass is 10.1. The van der Waals surface area contributed by atoms with Crippen LogP contribution in [-0.4, -0.2) is 31.7 Å². The van der Waals surface area contributed by atoms with Crippen molar-refractivity contribution in [2.75, 3.05) is 18.5 Å². The third-order valence-electron chi connectivity index (χ3n) is 4.92. The van der Waals surface area contributed by atoms with E-state index in [9.17, 15) is 26.4 Å². The molecule has 1 aliphatic heterocycles. The van der Waals surface area contributed by atoms with E-state index in [0.717, 1.165) is 31.4 Å². The standard InChI is InChI=1S/C20H22F3N3O3S/c1-14-8-9-17(30(28,29)26-10-3-2-4-11-26)13-18(14)19(27)25-24-16-7-5-6-15(12-16)20(21,22)23/h5-9,12-13,24H,2-4,10-11H2,1H3,(H,25,27). The summed E-state index contributed by atoms with van der Waals surface area (Å²) in [7, 11) is -3.72. The van der Waals surface area contributed by atoms with Crippen molar-refractivity contribution in [2.24, 2.45) is 0 Å². The number of nitrogens with zero attached hydrogens (tertiary/aromatic N) is 1. The van der Waals surface area contributed by atoms with Crippen molar-refractivity contribution < 1.29 is 26.4 Å². The summed E-state index contributed by atoms with van der Waals surface area (Å²) in [5, 5.41) is 0. The molecule has 2 N–H and O–H groups in total. The maximum Gasteiger partial charge on any atom is 0.416 e. The van der Waals surface area contributed by atoms with Crippen LogP contribution in [0.2, 0.25) is 0 Å². The van der Waals surface area contributed by atoms with E-state index in [0.29, 0.717) is 18.7 Å². The van der Waals surface area contributed by atoms with Crippen LogP contribution in [0.3, 0.4) is 0 Å². The fourth-order valence-corrected chi connectivity index (χ4v) is 4.77. The first-order valence-corrected chi connectivity index (χ1v) is 10.9. The number of alkyl halides is 3. The Labute approximate surface area is 173 Å². The first-order chi connectivity index (χ1) is 14.1. The SMILES string of the molecule is Cc1ccc(S(=O)(=O)N2CCCCC2)cc1C(=O)NNc1cccc(C(F)(F)F)c1. The molecule has 30 heavy (non-hydrogen) atoms. The maximum atomic E-state index is 12.9. The molecule has 0 atom stereocenters. The van der Waals surface area contributed by atoms with Gasteiger partial charge in [-0.25, -0.2) is 8.42 Å². The number of aryl methyl sites for hydroxylation is 1. The number of rotatable bonds is 5. The van der Waals surface area contributed by atoms with E-state index in [1.54, 1.807) is 6.92 Å². The average Bonchev–Trinajstić information content (AvgIpc) is 2.72. The molecule has 0 saturated carbocycles. The molecule has 1 amide bonds. The summed E-state index contributed by atoms with van der Waals surface area (Å²) in [4.78, 5) is 12.6. The molecule has 162 valence electrons. The van der Waals surface area contributed by atoms with Crippen LogP contribution >= 0.6 is 0 Å². The number of benzene rings is 2. The Morgan fingerprint density at radius 3 is 2.40 bits per heavy atom. The molecule has 10 heteroatoms. The lowest BCUT2D eigenvalue weighted by Crippen LogP contribution is -2.36. The van der Waals surface area contributed by atoms with E-state index in [4.69, 9.17) is 0 Å². The molecule has 6 nitrogen and oxygen atoms in total. The van der Waals surface area contributed by atoms with Gasteiger partial charge >= 0.3 is 6.18 Å². The number of piperidine rings is 1. The van der Waals surface area contributed by atoms with E-state index >= 15 is 0 Å². The van der Waals surface area contributed by atoms with Gasteiger partial charge in [0.2, 0.25) is 10.0 Å². The summed E-state index contributed by atoms with van der Waals surface area (Å²) >= 11 is 0. The molecule has 0 unspecified atom stereocenters. The molecule has 2 aromatic rings. The van der Waals surface area contributed by atoms with E-state index < -0.39 is 27.7 Å². The van der Waals surface area contributed by atoms with Crippen molar-refractivity contribution in [3.05, 3.63) is 59.2 Å². The van der Waals surface area contributed by atoms with Crippen molar-refractivity contribution >= 4 is 21.6 Å². The van der Waals surface area contributed by atoms with Gasteiger partial charge in [-0.3, -0.25) is 15.6 Å². The van der Waals surface area contributed by atoms with Crippen molar-refractivity contribution in [3.8, 4) is 0 Å². The normalized spacial score (nSPS) is 15.6. The van der Waals surface area contributed by atoms with Gasteiger partial charge in [0.25, 0.3) is 5.91 Å². The second-order valence-electron chi connectivity index (χ2n) is 7.10. The van der Waals surface area contributed by atoms with Crippen LogP contribution in [0.1, 0.15) is 40.7 Å². The topological polar surface area (TPSA) is 78.5 Å². The summed E-state index contributed by atoms with van der Waals surface area (Å²) in [6.07, 6.45) is -1.94. The van der Waals surface area contributed by atoms with Crippen molar-refractivity contribution in [2.45, 2.75) is 37.3 Å². The minimum Gasteiger partial charge on any atom is -0.298 e. The smallest absolute Gasteiger partial charge is 0.298 e.